The SMILES string of the molecule is CC(C)N(C)CC(C1CCCCC1)N1CCN(C(=O)OC(C)(C)C)CC1. The first-order valence-corrected chi connectivity index (χ1v) is 10.6. The lowest BCUT2D eigenvalue weighted by atomic mass is 9.82. The van der Waals surface area contributed by atoms with Crippen molar-refractivity contribution in [3.05, 3.63) is 0 Å². The van der Waals surface area contributed by atoms with Crippen molar-refractivity contribution in [2.45, 2.75) is 84.4 Å². The van der Waals surface area contributed by atoms with E-state index < -0.39 is 5.60 Å². The molecule has 1 aliphatic heterocycles. The zero-order valence-corrected chi connectivity index (χ0v) is 18.0. The molecule has 1 aliphatic carbocycles. The first-order valence-electron chi connectivity index (χ1n) is 10.6. The maximum atomic E-state index is 12.3. The molecule has 1 heterocycles. The van der Waals surface area contributed by atoms with Gasteiger partial charge in [0.25, 0.3) is 0 Å². The predicted octanol–water partition coefficient (Wildman–Crippen LogP) is 3.83. The number of carbonyl (C=O) groups is 1. The van der Waals surface area contributed by atoms with Crippen molar-refractivity contribution in [1.29, 1.82) is 0 Å². The van der Waals surface area contributed by atoms with E-state index in [1.807, 2.05) is 25.7 Å². The minimum Gasteiger partial charge on any atom is -0.444 e. The number of rotatable bonds is 5. The summed E-state index contributed by atoms with van der Waals surface area (Å²) in [7, 11) is 2.25. The normalized spacial score (nSPS) is 22.1. The number of piperazine rings is 1. The summed E-state index contributed by atoms with van der Waals surface area (Å²) in [6.07, 6.45) is 6.72. The van der Waals surface area contributed by atoms with Gasteiger partial charge >= 0.3 is 6.09 Å². The van der Waals surface area contributed by atoms with Crippen molar-refractivity contribution in [1.82, 2.24) is 14.7 Å². The number of nitrogens with zero attached hydrogens (tertiary/aromatic N) is 3. The third kappa shape index (κ3) is 6.41. The van der Waals surface area contributed by atoms with Crippen LogP contribution in [-0.2, 0) is 4.74 Å². The number of amides is 1. The van der Waals surface area contributed by atoms with Gasteiger partial charge in [0, 0.05) is 44.8 Å². The summed E-state index contributed by atoms with van der Waals surface area (Å²) in [6.45, 7) is 15.0. The Morgan fingerprint density at radius 2 is 1.65 bits per heavy atom. The molecular weight excluding hydrogens is 326 g/mol. The second kappa shape index (κ2) is 9.41. The molecule has 26 heavy (non-hydrogen) atoms. The molecule has 2 rings (SSSR count). The summed E-state index contributed by atoms with van der Waals surface area (Å²) in [4.78, 5) is 19.4. The van der Waals surface area contributed by atoms with Gasteiger partial charge in [0.05, 0.1) is 0 Å². The van der Waals surface area contributed by atoms with E-state index in [1.165, 1.54) is 32.1 Å². The molecule has 0 bridgehead atoms. The molecule has 0 N–H and O–H groups in total. The van der Waals surface area contributed by atoms with Crippen LogP contribution in [0.15, 0.2) is 0 Å². The van der Waals surface area contributed by atoms with Gasteiger partial charge in [-0.25, -0.2) is 4.79 Å². The van der Waals surface area contributed by atoms with Gasteiger partial charge in [-0.2, -0.15) is 0 Å². The Kier molecular flexibility index (Phi) is 7.77. The van der Waals surface area contributed by atoms with Crippen LogP contribution in [-0.4, -0.2) is 78.2 Å². The van der Waals surface area contributed by atoms with E-state index in [4.69, 9.17) is 4.74 Å². The topological polar surface area (TPSA) is 36.0 Å². The highest BCUT2D eigenvalue weighted by Crippen LogP contribution is 2.30. The fraction of sp³-hybridized carbons (Fsp3) is 0.952. The summed E-state index contributed by atoms with van der Waals surface area (Å²) < 4.78 is 5.55. The van der Waals surface area contributed by atoms with Crippen molar-refractivity contribution in [2.24, 2.45) is 5.92 Å². The Morgan fingerprint density at radius 1 is 1.08 bits per heavy atom. The lowest BCUT2D eigenvalue weighted by Crippen LogP contribution is -2.57. The van der Waals surface area contributed by atoms with Crippen LogP contribution >= 0.6 is 0 Å². The highest BCUT2D eigenvalue weighted by atomic mass is 16.6. The number of hydrogen-bond donors (Lipinski definition) is 0. The first kappa shape index (κ1) is 21.5. The van der Waals surface area contributed by atoms with Crippen molar-refractivity contribution < 1.29 is 9.53 Å². The first-order chi connectivity index (χ1) is 12.2. The summed E-state index contributed by atoms with van der Waals surface area (Å²) in [6, 6.07) is 1.19. The van der Waals surface area contributed by atoms with E-state index in [-0.39, 0.29) is 6.09 Å². The minimum atomic E-state index is -0.418. The molecule has 0 spiro atoms. The lowest BCUT2D eigenvalue weighted by Gasteiger charge is -2.45. The zero-order chi connectivity index (χ0) is 19.3. The Morgan fingerprint density at radius 3 is 2.15 bits per heavy atom. The van der Waals surface area contributed by atoms with E-state index >= 15 is 0 Å². The molecule has 0 aromatic heterocycles. The van der Waals surface area contributed by atoms with E-state index in [1.54, 1.807) is 0 Å². The predicted molar refractivity (Wildman–Crippen MR) is 108 cm³/mol. The molecule has 0 aromatic rings. The Hall–Kier alpha value is -0.810. The molecule has 5 nitrogen and oxygen atoms in total. The van der Waals surface area contributed by atoms with Crippen LogP contribution in [0.2, 0.25) is 0 Å². The standard InChI is InChI=1S/C21H41N3O2/c1-17(2)22(6)16-19(18-10-8-7-9-11-18)23-12-14-24(15-13-23)20(25)26-21(3,4)5/h17-19H,7-16H2,1-6H3. The monoisotopic (exact) mass is 367 g/mol. The fourth-order valence-electron chi connectivity index (χ4n) is 4.15. The van der Waals surface area contributed by atoms with Gasteiger partial charge in [-0.15, -0.1) is 0 Å². The minimum absolute atomic E-state index is 0.161. The van der Waals surface area contributed by atoms with Crippen LogP contribution < -0.4 is 0 Å². The molecule has 5 heteroatoms. The van der Waals surface area contributed by atoms with E-state index in [2.05, 4.69) is 30.7 Å². The van der Waals surface area contributed by atoms with Crippen LogP contribution in [0.3, 0.4) is 0 Å². The van der Waals surface area contributed by atoms with Crippen molar-refractivity contribution in [3.8, 4) is 0 Å². The largest absolute Gasteiger partial charge is 0.444 e. The van der Waals surface area contributed by atoms with E-state index in [0.717, 1.165) is 38.6 Å². The summed E-state index contributed by atoms with van der Waals surface area (Å²) in [5.41, 5.74) is -0.418. The highest BCUT2D eigenvalue weighted by Gasteiger charge is 2.33. The smallest absolute Gasteiger partial charge is 0.410 e. The highest BCUT2D eigenvalue weighted by molar-refractivity contribution is 5.68. The number of ether oxygens (including phenoxy) is 1. The van der Waals surface area contributed by atoms with Crippen LogP contribution in [0.5, 0.6) is 0 Å². The van der Waals surface area contributed by atoms with Crippen molar-refractivity contribution in [3.63, 3.8) is 0 Å². The summed E-state index contributed by atoms with van der Waals surface area (Å²) in [5, 5.41) is 0. The molecule has 2 aliphatic rings. The van der Waals surface area contributed by atoms with Crippen LogP contribution in [0, 0.1) is 5.92 Å². The third-order valence-electron chi connectivity index (χ3n) is 5.99. The van der Waals surface area contributed by atoms with Gasteiger partial charge in [-0.05, 0) is 60.4 Å². The number of hydrogen-bond acceptors (Lipinski definition) is 4. The molecule has 2 fully saturated rings. The van der Waals surface area contributed by atoms with Gasteiger partial charge in [-0.3, -0.25) is 4.90 Å². The quantitative estimate of drug-likeness (QED) is 0.740. The summed E-state index contributed by atoms with van der Waals surface area (Å²) in [5.74, 6) is 0.804. The average Bonchev–Trinajstić information content (AvgIpc) is 2.59. The second-order valence-electron chi connectivity index (χ2n) is 9.50. The van der Waals surface area contributed by atoms with Gasteiger partial charge < -0.3 is 14.5 Å². The van der Waals surface area contributed by atoms with Gasteiger partial charge in [0.15, 0.2) is 0 Å². The molecule has 1 saturated heterocycles. The van der Waals surface area contributed by atoms with Gasteiger partial charge in [0.2, 0.25) is 0 Å². The zero-order valence-electron chi connectivity index (χ0n) is 18.0. The van der Waals surface area contributed by atoms with Gasteiger partial charge in [0.1, 0.15) is 5.60 Å². The molecule has 1 unspecified atom stereocenters. The molecular formula is C21H41N3O2. The maximum Gasteiger partial charge on any atom is 0.410 e. The van der Waals surface area contributed by atoms with Crippen molar-refractivity contribution >= 4 is 6.09 Å². The van der Waals surface area contributed by atoms with Crippen LogP contribution in [0.1, 0.15) is 66.7 Å². The molecule has 152 valence electrons. The molecule has 1 amide bonds. The second-order valence-corrected chi connectivity index (χ2v) is 9.50. The molecule has 0 radical (unpaired) electrons. The molecule has 1 saturated carbocycles. The number of carbonyl (C=O) groups excluding carboxylic acids is 1. The van der Waals surface area contributed by atoms with Crippen molar-refractivity contribution in [2.75, 3.05) is 39.8 Å². The van der Waals surface area contributed by atoms with Crippen LogP contribution in [0.25, 0.3) is 0 Å². The Balaban J connectivity index is 1.95. The summed E-state index contributed by atoms with van der Waals surface area (Å²) >= 11 is 0. The lowest BCUT2D eigenvalue weighted by molar-refractivity contribution is 0.000322. The third-order valence-corrected chi connectivity index (χ3v) is 5.99. The maximum absolute atomic E-state index is 12.3. The van der Waals surface area contributed by atoms with E-state index in [0.29, 0.717) is 12.1 Å². The molecule has 1 atom stereocenters. The Bertz CT molecular complexity index is 433. The number of likely N-dealkylation sites (N-methyl/N-ethyl adjacent to an activating group) is 1. The van der Waals surface area contributed by atoms with E-state index in [9.17, 15) is 4.79 Å². The van der Waals surface area contributed by atoms with Crippen LogP contribution in [0.4, 0.5) is 4.79 Å². The van der Waals surface area contributed by atoms with Gasteiger partial charge in [-0.1, -0.05) is 19.3 Å². The molecule has 0 aromatic carbocycles. The Labute approximate surface area is 161 Å². The fourth-order valence-corrected chi connectivity index (χ4v) is 4.15. The average molecular weight is 368 g/mol.